The average molecular weight is 585 g/mol. The summed E-state index contributed by atoms with van der Waals surface area (Å²) in [5, 5.41) is 18.8. The first-order chi connectivity index (χ1) is 19.1. The molecule has 0 atom stereocenters. The molecule has 0 saturated heterocycles. The standard InChI is InChI=1S/C28H44N10S2/c1-21-13-25(5)35(29-21)17-33(18-36-26(6)14-22(2)30-36)9-11-39-40-12-10-34(19-37-27(7)15-23(3)31-37)20-38-28(8)16-24(4)32-38/h13-16H,9-12,17-20H2,1-8H3. The lowest BCUT2D eigenvalue weighted by molar-refractivity contribution is 0.160. The van der Waals surface area contributed by atoms with Crippen LogP contribution >= 0.6 is 21.6 Å². The van der Waals surface area contributed by atoms with Gasteiger partial charge in [0.25, 0.3) is 0 Å². The second-order valence-electron chi connectivity index (χ2n) is 10.7. The third kappa shape index (κ3) is 8.48. The number of rotatable bonds is 15. The van der Waals surface area contributed by atoms with Crippen LogP contribution in [0.1, 0.15) is 45.6 Å². The predicted octanol–water partition coefficient (Wildman–Crippen LogP) is 4.86. The fraction of sp³-hybridized carbons (Fsp3) is 0.571. The number of hydrogen-bond donors (Lipinski definition) is 0. The molecule has 0 aliphatic heterocycles. The zero-order chi connectivity index (χ0) is 28.8. The minimum absolute atomic E-state index is 0.752. The molecule has 0 unspecified atom stereocenters. The Balaban J connectivity index is 1.30. The van der Waals surface area contributed by atoms with Gasteiger partial charge in [-0.2, -0.15) is 20.4 Å². The number of aryl methyl sites for hydroxylation is 8. The summed E-state index contributed by atoms with van der Waals surface area (Å²) in [4.78, 5) is 4.84. The lowest BCUT2D eigenvalue weighted by Crippen LogP contribution is -2.33. The molecule has 4 rings (SSSR count). The van der Waals surface area contributed by atoms with Crippen LogP contribution in [0.25, 0.3) is 0 Å². The van der Waals surface area contributed by atoms with E-state index in [1.807, 2.05) is 49.3 Å². The average Bonchev–Trinajstić information content (AvgIpc) is 3.57. The van der Waals surface area contributed by atoms with Crippen molar-refractivity contribution in [3.05, 3.63) is 69.8 Å². The number of nitrogens with zero attached hydrogens (tertiary/aromatic N) is 10. The van der Waals surface area contributed by atoms with E-state index in [1.165, 1.54) is 22.8 Å². The zero-order valence-corrected chi connectivity index (χ0v) is 26.9. The van der Waals surface area contributed by atoms with Crippen molar-refractivity contribution in [2.24, 2.45) is 0 Å². The molecular weight excluding hydrogens is 541 g/mol. The molecule has 0 aliphatic carbocycles. The summed E-state index contributed by atoms with van der Waals surface area (Å²) in [5.74, 6) is 2.05. The molecule has 4 aromatic rings. The molecule has 0 amide bonds. The SMILES string of the molecule is Cc1cc(C)n(CN(CCSSCCN(Cn2nc(C)cc2C)Cn2nc(C)cc2C)Cn2nc(C)cc2C)n1. The van der Waals surface area contributed by atoms with Gasteiger partial charge in [-0.15, -0.1) is 0 Å². The van der Waals surface area contributed by atoms with Gasteiger partial charge in [0.15, 0.2) is 0 Å². The van der Waals surface area contributed by atoms with E-state index >= 15 is 0 Å². The first-order valence-electron chi connectivity index (χ1n) is 13.8. The Bertz CT molecular complexity index is 1180. The maximum absolute atomic E-state index is 4.69. The smallest absolute Gasteiger partial charge is 0.0946 e. The fourth-order valence-corrected chi connectivity index (χ4v) is 6.91. The summed E-state index contributed by atoms with van der Waals surface area (Å²) in [6, 6.07) is 8.54. The van der Waals surface area contributed by atoms with Crippen molar-refractivity contribution in [3.8, 4) is 0 Å². The molecule has 12 heteroatoms. The summed E-state index contributed by atoms with van der Waals surface area (Å²) in [7, 11) is 3.87. The molecular formula is C28H44N10S2. The molecule has 40 heavy (non-hydrogen) atoms. The van der Waals surface area contributed by atoms with Crippen LogP contribution in [0.2, 0.25) is 0 Å². The Morgan fingerprint density at radius 3 is 0.925 bits per heavy atom. The van der Waals surface area contributed by atoms with Crippen molar-refractivity contribution in [1.29, 1.82) is 0 Å². The van der Waals surface area contributed by atoms with Gasteiger partial charge in [-0.05, 0) is 79.7 Å². The van der Waals surface area contributed by atoms with Gasteiger partial charge in [0.1, 0.15) is 0 Å². The van der Waals surface area contributed by atoms with E-state index in [4.69, 9.17) is 20.4 Å². The Labute approximate surface area is 246 Å². The third-order valence-corrected chi connectivity index (χ3v) is 9.18. The quantitative estimate of drug-likeness (QED) is 0.145. The Kier molecular flexibility index (Phi) is 10.6. The first-order valence-corrected chi connectivity index (χ1v) is 16.3. The molecule has 4 aromatic heterocycles. The summed E-state index contributed by atoms with van der Waals surface area (Å²) in [5.41, 5.74) is 8.95. The van der Waals surface area contributed by atoms with Crippen LogP contribution in [0, 0.1) is 55.4 Å². The fourth-order valence-electron chi connectivity index (χ4n) is 4.85. The molecule has 0 bridgehead atoms. The highest BCUT2D eigenvalue weighted by Crippen LogP contribution is 2.22. The van der Waals surface area contributed by atoms with Crippen LogP contribution in [0.3, 0.4) is 0 Å². The van der Waals surface area contributed by atoms with Crippen molar-refractivity contribution < 1.29 is 0 Å². The lowest BCUT2D eigenvalue weighted by atomic mass is 10.4. The van der Waals surface area contributed by atoms with Crippen molar-refractivity contribution in [2.75, 3.05) is 24.6 Å². The number of hydrogen-bond acceptors (Lipinski definition) is 8. The van der Waals surface area contributed by atoms with Crippen LogP contribution in [-0.2, 0) is 26.7 Å². The molecule has 0 fully saturated rings. The normalized spacial score (nSPS) is 11.9. The van der Waals surface area contributed by atoms with Crippen molar-refractivity contribution >= 4 is 21.6 Å². The van der Waals surface area contributed by atoms with Gasteiger partial charge in [-0.3, -0.25) is 28.5 Å². The molecule has 218 valence electrons. The van der Waals surface area contributed by atoms with Crippen LogP contribution in [0.5, 0.6) is 0 Å². The van der Waals surface area contributed by atoms with Gasteiger partial charge >= 0.3 is 0 Å². The summed E-state index contributed by atoms with van der Waals surface area (Å²) >= 11 is 0. The number of aromatic nitrogens is 8. The van der Waals surface area contributed by atoms with E-state index in [0.29, 0.717) is 0 Å². The molecule has 0 saturated carbocycles. The highest BCUT2D eigenvalue weighted by molar-refractivity contribution is 8.76. The third-order valence-electron chi connectivity index (χ3n) is 6.81. The minimum Gasteiger partial charge on any atom is -0.264 e. The van der Waals surface area contributed by atoms with Crippen LogP contribution in [0.4, 0.5) is 0 Å². The molecule has 0 radical (unpaired) electrons. The van der Waals surface area contributed by atoms with Gasteiger partial charge in [0, 0.05) is 47.4 Å². The van der Waals surface area contributed by atoms with Gasteiger partial charge in [-0.25, -0.2) is 0 Å². The van der Waals surface area contributed by atoms with E-state index in [-0.39, 0.29) is 0 Å². The van der Waals surface area contributed by atoms with E-state index in [9.17, 15) is 0 Å². The predicted molar refractivity (Wildman–Crippen MR) is 165 cm³/mol. The largest absolute Gasteiger partial charge is 0.264 e. The van der Waals surface area contributed by atoms with E-state index in [0.717, 1.165) is 74.0 Å². The summed E-state index contributed by atoms with van der Waals surface area (Å²) in [6.07, 6.45) is 0. The molecule has 0 aromatic carbocycles. The van der Waals surface area contributed by atoms with E-state index in [2.05, 4.69) is 80.5 Å². The van der Waals surface area contributed by atoms with Crippen LogP contribution in [-0.4, -0.2) is 73.5 Å². The molecule has 4 heterocycles. The second kappa shape index (κ2) is 13.9. The zero-order valence-electron chi connectivity index (χ0n) is 25.3. The molecule has 0 spiro atoms. The Hall–Kier alpha value is -2.54. The first kappa shape index (κ1) is 30.4. The van der Waals surface area contributed by atoms with E-state index < -0.39 is 0 Å². The van der Waals surface area contributed by atoms with Crippen molar-refractivity contribution in [2.45, 2.75) is 82.1 Å². The topological polar surface area (TPSA) is 77.8 Å². The van der Waals surface area contributed by atoms with Crippen molar-refractivity contribution in [3.63, 3.8) is 0 Å². The second-order valence-corrected chi connectivity index (χ2v) is 13.4. The van der Waals surface area contributed by atoms with Crippen LogP contribution in [0.15, 0.2) is 24.3 Å². The maximum Gasteiger partial charge on any atom is 0.0946 e. The molecule has 0 aliphatic rings. The van der Waals surface area contributed by atoms with Gasteiger partial charge in [-0.1, -0.05) is 21.6 Å². The minimum atomic E-state index is 0.752. The monoisotopic (exact) mass is 584 g/mol. The van der Waals surface area contributed by atoms with E-state index in [1.54, 1.807) is 0 Å². The van der Waals surface area contributed by atoms with Crippen LogP contribution < -0.4 is 0 Å². The highest BCUT2D eigenvalue weighted by atomic mass is 33.1. The maximum atomic E-state index is 4.69. The van der Waals surface area contributed by atoms with Gasteiger partial charge in [0.05, 0.1) is 49.5 Å². The Morgan fingerprint density at radius 1 is 0.475 bits per heavy atom. The Morgan fingerprint density at radius 2 is 0.725 bits per heavy atom. The van der Waals surface area contributed by atoms with Gasteiger partial charge < -0.3 is 0 Å². The molecule has 10 nitrogen and oxygen atoms in total. The lowest BCUT2D eigenvalue weighted by Gasteiger charge is -2.24. The summed E-state index contributed by atoms with van der Waals surface area (Å²) < 4.78 is 8.37. The molecule has 0 N–H and O–H groups in total. The van der Waals surface area contributed by atoms with Gasteiger partial charge in [0.2, 0.25) is 0 Å². The summed E-state index contributed by atoms with van der Waals surface area (Å²) in [6.45, 7) is 21.6. The highest BCUT2D eigenvalue weighted by Gasteiger charge is 2.14. The van der Waals surface area contributed by atoms with Crippen molar-refractivity contribution in [1.82, 2.24) is 48.9 Å².